The van der Waals surface area contributed by atoms with Gasteiger partial charge in [0.25, 0.3) is 0 Å². The molecule has 0 atom stereocenters. The molecular formula is C16H24N+. The molecule has 1 aliphatic carbocycles. The summed E-state index contributed by atoms with van der Waals surface area (Å²) in [5.41, 5.74) is 4.86. The third-order valence-electron chi connectivity index (χ3n) is 3.36. The molecule has 17 heavy (non-hydrogen) atoms. The zero-order valence-electron chi connectivity index (χ0n) is 11.6. The van der Waals surface area contributed by atoms with Crippen LogP contribution < -0.4 is 4.57 Å². The zero-order chi connectivity index (χ0) is 12.5. The van der Waals surface area contributed by atoms with Crippen molar-refractivity contribution in [2.24, 2.45) is 5.41 Å². The van der Waals surface area contributed by atoms with Gasteiger partial charge in [-0.1, -0.05) is 32.9 Å². The molecule has 0 saturated carbocycles. The van der Waals surface area contributed by atoms with Crippen molar-refractivity contribution >= 4 is 6.08 Å². The van der Waals surface area contributed by atoms with Crippen molar-refractivity contribution in [3.8, 4) is 0 Å². The normalized spacial score (nSPS) is 14.8. The van der Waals surface area contributed by atoms with Crippen molar-refractivity contribution in [2.45, 2.75) is 53.5 Å². The molecule has 1 heteroatoms. The molecule has 1 nitrogen and oxygen atoms in total. The molecule has 0 bridgehead atoms. The maximum Gasteiger partial charge on any atom is 0.189 e. The lowest BCUT2D eigenvalue weighted by Crippen LogP contribution is -2.40. The number of pyridine rings is 1. The first-order chi connectivity index (χ1) is 8.01. The lowest BCUT2D eigenvalue weighted by molar-refractivity contribution is -0.701. The monoisotopic (exact) mass is 230 g/mol. The summed E-state index contributed by atoms with van der Waals surface area (Å²) in [5, 5.41) is 0. The molecule has 0 aromatic carbocycles. The van der Waals surface area contributed by atoms with E-state index < -0.39 is 0 Å². The molecule has 0 spiro atoms. The summed E-state index contributed by atoms with van der Waals surface area (Å²) in [6, 6.07) is 2.30. The fraction of sp³-hybridized carbons (Fsp3) is 0.562. The summed E-state index contributed by atoms with van der Waals surface area (Å²) in [6.07, 6.45) is 10.4. The number of nitrogens with zero attached hydrogens (tertiary/aromatic N) is 1. The van der Waals surface area contributed by atoms with Gasteiger partial charge in [-0.25, -0.2) is 4.57 Å². The highest BCUT2D eigenvalue weighted by Crippen LogP contribution is 2.26. The number of allylic oxidation sites excluding steroid dienone is 1. The molecule has 0 N–H and O–H groups in total. The minimum Gasteiger partial charge on any atom is -0.202 e. The highest BCUT2D eigenvalue weighted by atomic mass is 14.9. The number of aryl methyl sites for hydroxylation is 2. The van der Waals surface area contributed by atoms with Crippen LogP contribution in [0.15, 0.2) is 18.3 Å². The summed E-state index contributed by atoms with van der Waals surface area (Å²) < 4.78 is 2.40. The minimum atomic E-state index is 0.345. The van der Waals surface area contributed by atoms with Crippen LogP contribution in [0.4, 0.5) is 0 Å². The second-order valence-electron chi connectivity index (χ2n) is 6.17. The first kappa shape index (κ1) is 12.3. The van der Waals surface area contributed by atoms with Crippen molar-refractivity contribution in [1.82, 2.24) is 0 Å². The maximum absolute atomic E-state index is 2.40. The van der Waals surface area contributed by atoms with E-state index in [4.69, 9.17) is 0 Å². The molecule has 2 rings (SSSR count). The first-order valence-corrected chi connectivity index (χ1v) is 6.72. The standard InChI is InChI=1S/C16H24N/c1-5-17-11-10-13-8-6-7-9-14(13)15(17)12-16(2,3)4/h7,9-11H,5-6,8,12H2,1-4H3/q+1. The van der Waals surface area contributed by atoms with Gasteiger partial charge in [-0.15, -0.1) is 0 Å². The van der Waals surface area contributed by atoms with Crippen molar-refractivity contribution < 1.29 is 4.57 Å². The van der Waals surface area contributed by atoms with E-state index in [0.717, 1.165) is 13.0 Å². The molecule has 0 saturated heterocycles. The fourth-order valence-corrected chi connectivity index (χ4v) is 2.56. The summed E-state index contributed by atoms with van der Waals surface area (Å²) in [4.78, 5) is 0. The Morgan fingerprint density at radius 1 is 1.29 bits per heavy atom. The van der Waals surface area contributed by atoms with Crippen molar-refractivity contribution in [2.75, 3.05) is 0 Å². The van der Waals surface area contributed by atoms with E-state index in [0.29, 0.717) is 5.41 Å². The van der Waals surface area contributed by atoms with Crippen LogP contribution in [-0.2, 0) is 19.4 Å². The van der Waals surface area contributed by atoms with Gasteiger partial charge in [-0.05, 0) is 30.7 Å². The van der Waals surface area contributed by atoms with Crippen LogP contribution in [-0.4, -0.2) is 0 Å². The summed E-state index contributed by atoms with van der Waals surface area (Å²) in [6.45, 7) is 10.2. The molecular weight excluding hydrogens is 206 g/mol. The lowest BCUT2D eigenvalue weighted by atomic mass is 9.86. The highest BCUT2D eigenvalue weighted by Gasteiger charge is 2.24. The molecule has 1 aliphatic rings. The second-order valence-corrected chi connectivity index (χ2v) is 6.17. The predicted molar refractivity (Wildman–Crippen MR) is 72.8 cm³/mol. The van der Waals surface area contributed by atoms with Crippen LogP contribution in [0.2, 0.25) is 0 Å². The van der Waals surface area contributed by atoms with E-state index in [1.54, 1.807) is 0 Å². The van der Waals surface area contributed by atoms with Crippen molar-refractivity contribution in [1.29, 1.82) is 0 Å². The molecule has 0 aliphatic heterocycles. The Morgan fingerprint density at radius 2 is 2.06 bits per heavy atom. The van der Waals surface area contributed by atoms with Gasteiger partial charge >= 0.3 is 0 Å². The average Bonchev–Trinajstić information content (AvgIpc) is 2.28. The SMILES string of the molecule is CC[n+]1ccc2c(c1CC(C)(C)C)C=CCC2. The Hall–Kier alpha value is -1.11. The van der Waals surface area contributed by atoms with Crippen LogP contribution in [0, 0.1) is 5.41 Å². The summed E-state index contributed by atoms with van der Waals surface area (Å²) in [7, 11) is 0. The van der Waals surface area contributed by atoms with Crippen molar-refractivity contribution in [3.63, 3.8) is 0 Å². The van der Waals surface area contributed by atoms with Gasteiger partial charge in [0, 0.05) is 18.1 Å². The number of fused-ring (bicyclic) bond motifs is 1. The molecule has 92 valence electrons. The fourth-order valence-electron chi connectivity index (χ4n) is 2.56. The lowest BCUT2D eigenvalue weighted by Gasteiger charge is -2.20. The molecule has 0 unspecified atom stereocenters. The van der Waals surface area contributed by atoms with E-state index in [1.165, 1.54) is 29.7 Å². The number of hydrogen-bond donors (Lipinski definition) is 0. The molecule has 0 radical (unpaired) electrons. The van der Waals surface area contributed by atoms with Gasteiger partial charge < -0.3 is 0 Å². The number of rotatable bonds is 2. The van der Waals surface area contributed by atoms with E-state index in [-0.39, 0.29) is 0 Å². The van der Waals surface area contributed by atoms with E-state index >= 15 is 0 Å². The van der Waals surface area contributed by atoms with Crippen LogP contribution in [0.5, 0.6) is 0 Å². The third kappa shape index (κ3) is 2.77. The van der Waals surface area contributed by atoms with Gasteiger partial charge in [0.15, 0.2) is 11.9 Å². The van der Waals surface area contributed by atoms with Gasteiger partial charge in [0.05, 0.1) is 0 Å². The summed E-state index contributed by atoms with van der Waals surface area (Å²) in [5.74, 6) is 0. The molecule has 0 amide bonds. The Kier molecular flexibility index (Phi) is 3.37. The van der Waals surface area contributed by atoms with E-state index in [1.807, 2.05) is 0 Å². The highest BCUT2D eigenvalue weighted by molar-refractivity contribution is 5.57. The maximum atomic E-state index is 2.40. The first-order valence-electron chi connectivity index (χ1n) is 6.72. The smallest absolute Gasteiger partial charge is 0.189 e. The van der Waals surface area contributed by atoms with Gasteiger partial charge in [0.1, 0.15) is 6.54 Å². The molecule has 1 aromatic heterocycles. The zero-order valence-corrected chi connectivity index (χ0v) is 11.6. The molecule has 1 aromatic rings. The minimum absolute atomic E-state index is 0.345. The second kappa shape index (κ2) is 4.64. The topological polar surface area (TPSA) is 3.88 Å². The van der Waals surface area contributed by atoms with E-state index in [9.17, 15) is 0 Å². The van der Waals surface area contributed by atoms with Gasteiger partial charge in [-0.3, -0.25) is 0 Å². The van der Waals surface area contributed by atoms with Crippen LogP contribution >= 0.6 is 0 Å². The van der Waals surface area contributed by atoms with Crippen LogP contribution in [0.25, 0.3) is 6.08 Å². The van der Waals surface area contributed by atoms with Crippen LogP contribution in [0.1, 0.15) is 50.9 Å². The Labute approximate surface area is 105 Å². The van der Waals surface area contributed by atoms with Crippen LogP contribution in [0.3, 0.4) is 0 Å². The van der Waals surface area contributed by atoms with Gasteiger partial charge in [-0.2, -0.15) is 0 Å². The Morgan fingerprint density at radius 3 is 2.71 bits per heavy atom. The number of aromatic nitrogens is 1. The average molecular weight is 230 g/mol. The Bertz CT molecular complexity index is 436. The largest absolute Gasteiger partial charge is 0.202 e. The van der Waals surface area contributed by atoms with Gasteiger partial charge in [0.2, 0.25) is 0 Å². The Balaban J connectivity index is 2.50. The summed E-state index contributed by atoms with van der Waals surface area (Å²) >= 11 is 0. The molecule has 0 fully saturated rings. The third-order valence-corrected chi connectivity index (χ3v) is 3.36. The van der Waals surface area contributed by atoms with E-state index in [2.05, 4.69) is 56.7 Å². The molecule has 1 heterocycles. The number of hydrogen-bond acceptors (Lipinski definition) is 0. The predicted octanol–water partition coefficient (Wildman–Crippen LogP) is 3.54. The quantitative estimate of drug-likeness (QED) is 0.684. The van der Waals surface area contributed by atoms with Crippen molar-refractivity contribution in [3.05, 3.63) is 35.2 Å².